The molecule has 1 aliphatic carbocycles. The smallest absolute Gasteiger partial charge is 0.370 e. The zero-order chi connectivity index (χ0) is 15.7. The largest absolute Gasteiger partial charge is 0.417 e. The number of ketones is 1. The van der Waals surface area contributed by atoms with Crippen LogP contribution in [-0.4, -0.2) is 23.5 Å². The van der Waals surface area contributed by atoms with Gasteiger partial charge in [-0.3, -0.25) is 9.78 Å². The molecule has 0 saturated heterocycles. The second-order valence-electron chi connectivity index (χ2n) is 5.65. The van der Waals surface area contributed by atoms with Gasteiger partial charge in [0.05, 0.1) is 11.1 Å². The van der Waals surface area contributed by atoms with Gasteiger partial charge in [0.25, 0.3) is 0 Å². The third kappa shape index (κ3) is 3.10. The number of nitrogens with zero attached hydrogens (tertiary/aromatic N) is 1. The maximum absolute atomic E-state index is 13.1. The first-order valence-corrected chi connectivity index (χ1v) is 6.91. The van der Waals surface area contributed by atoms with Crippen LogP contribution in [0.1, 0.15) is 48.5 Å². The van der Waals surface area contributed by atoms with Crippen LogP contribution in [0.15, 0.2) is 18.5 Å². The van der Waals surface area contributed by atoms with E-state index in [1.807, 2.05) is 6.92 Å². The number of carbonyl (C=O) groups is 1. The summed E-state index contributed by atoms with van der Waals surface area (Å²) < 4.78 is 44.6. The number of hydrogen-bond acceptors (Lipinski definition) is 3. The first-order chi connectivity index (χ1) is 9.80. The Hall–Kier alpha value is -1.43. The first kappa shape index (κ1) is 15.9. The van der Waals surface area contributed by atoms with Gasteiger partial charge in [0, 0.05) is 19.5 Å². The number of rotatable bonds is 3. The van der Waals surface area contributed by atoms with Crippen LogP contribution in [0.5, 0.6) is 0 Å². The molecule has 2 atom stereocenters. The van der Waals surface area contributed by atoms with E-state index in [-0.39, 0.29) is 5.92 Å². The van der Waals surface area contributed by atoms with Crippen molar-refractivity contribution < 1.29 is 22.7 Å². The Balaban J connectivity index is 2.44. The molecule has 0 aromatic carbocycles. The third-order valence-corrected chi connectivity index (χ3v) is 4.13. The van der Waals surface area contributed by atoms with Gasteiger partial charge >= 0.3 is 6.18 Å². The molecule has 2 rings (SSSR count). The molecule has 0 aliphatic heterocycles. The van der Waals surface area contributed by atoms with Gasteiger partial charge in [-0.1, -0.05) is 13.3 Å². The molecular weight excluding hydrogens is 283 g/mol. The molecule has 1 saturated carbocycles. The topological polar surface area (TPSA) is 39.2 Å². The van der Waals surface area contributed by atoms with E-state index in [2.05, 4.69) is 4.98 Å². The molecule has 0 spiro atoms. The van der Waals surface area contributed by atoms with Crippen molar-refractivity contribution in [2.24, 2.45) is 5.92 Å². The molecule has 0 N–H and O–H groups in total. The standard InChI is InChI=1S/C15H18F3NO2/c1-10-4-3-6-14(8-10,21-2)13(20)11-9-19-7-5-12(11)15(16,17)18/h5,7,9-10H,3-4,6,8H2,1-2H3. The molecule has 116 valence electrons. The summed E-state index contributed by atoms with van der Waals surface area (Å²) in [6.45, 7) is 1.98. The van der Waals surface area contributed by atoms with Crippen LogP contribution < -0.4 is 0 Å². The van der Waals surface area contributed by atoms with E-state index in [1.54, 1.807) is 0 Å². The number of carbonyl (C=O) groups excluding carboxylic acids is 1. The maximum atomic E-state index is 13.1. The number of alkyl halides is 3. The fraction of sp³-hybridized carbons (Fsp3) is 0.600. The lowest BCUT2D eigenvalue weighted by atomic mass is 9.74. The van der Waals surface area contributed by atoms with Crippen molar-refractivity contribution in [1.29, 1.82) is 0 Å². The Morgan fingerprint density at radius 1 is 1.48 bits per heavy atom. The van der Waals surface area contributed by atoms with E-state index < -0.39 is 28.7 Å². The molecule has 1 aromatic rings. The van der Waals surface area contributed by atoms with Crippen LogP contribution in [0.25, 0.3) is 0 Å². The molecule has 2 unspecified atom stereocenters. The predicted molar refractivity (Wildman–Crippen MR) is 70.9 cm³/mol. The van der Waals surface area contributed by atoms with Crippen LogP contribution in [0.3, 0.4) is 0 Å². The minimum Gasteiger partial charge on any atom is -0.370 e. The lowest BCUT2D eigenvalue weighted by Gasteiger charge is -2.37. The summed E-state index contributed by atoms with van der Waals surface area (Å²) in [5.74, 6) is -0.370. The summed E-state index contributed by atoms with van der Waals surface area (Å²) >= 11 is 0. The molecule has 1 fully saturated rings. The summed E-state index contributed by atoms with van der Waals surface area (Å²) in [6, 6.07) is 0.836. The Morgan fingerprint density at radius 2 is 2.19 bits per heavy atom. The zero-order valence-electron chi connectivity index (χ0n) is 12.0. The first-order valence-electron chi connectivity index (χ1n) is 6.91. The van der Waals surface area contributed by atoms with Crippen LogP contribution in [0.2, 0.25) is 0 Å². The van der Waals surface area contributed by atoms with Crippen molar-refractivity contribution in [2.45, 2.75) is 44.4 Å². The predicted octanol–water partition coefficient (Wildman–Crippen LogP) is 3.88. The highest BCUT2D eigenvalue weighted by atomic mass is 19.4. The Morgan fingerprint density at radius 3 is 2.76 bits per heavy atom. The summed E-state index contributed by atoms with van der Waals surface area (Å²) in [4.78, 5) is 16.4. The molecule has 0 bridgehead atoms. The normalized spacial score (nSPS) is 26.6. The van der Waals surface area contributed by atoms with Gasteiger partial charge < -0.3 is 4.74 Å². The summed E-state index contributed by atoms with van der Waals surface area (Å²) in [7, 11) is 1.39. The van der Waals surface area contributed by atoms with Crippen LogP contribution in [0.4, 0.5) is 13.2 Å². The van der Waals surface area contributed by atoms with E-state index in [9.17, 15) is 18.0 Å². The van der Waals surface area contributed by atoms with Crippen LogP contribution >= 0.6 is 0 Å². The van der Waals surface area contributed by atoms with Gasteiger partial charge in [-0.2, -0.15) is 13.2 Å². The minimum atomic E-state index is -4.58. The third-order valence-electron chi connectivity index (χ3n) is 4.13. The van der Waals surface area contributed by atoms with Crippen molar-refractivity contribution in [3.63, 3.8) is 0 Å². The molecule has 3 nitrogen and oxygen atoms in total. The van der Waals surface area contributed by atoms with Crippen LogP contribution in [0, 0.1) is 5.92 Å². The number of aromatic nitrogens is 1. The number of pyridine rings is 1. The highest BCUT2D eigenvalue weighted by Gasteiger charge is 2.45. The van der Waals surface area contributed by atoms with E-state index in [4.69, 9.17) is 4.74 Å². The van der Waals surface area contributed by atoms with Gasteiger partial charge in [-0.25, -0.2) is 0 Å². The van der Waals surface area contributed by atoms with Crippen molar-refractivity contribution in [3.8, 4) is 0 Å². The Kier molecular flexibility index (Phi) is 4.37. The highest BCUT2D eigenvalue weighted by Crippen LogP contribution is 2.40. The maximum Gasteiger partial charge on any atom is 0.417 e. The van der Waals surface area contributed by atoms with Crippen molar-refractivity contribution in [2.75, 3.05) is 7.11 Å². The lowest BCUT2D eigenvalue weighted by molar-refractivity contribution is -0.138. The monoisotopic (exact) mass is 301 g/mol. The highest BCUT2D eigenvalue weighted by molar-refractivity contribution is 6.03. The average molecular weight is 301 g/mol. The lowest BCUT2D eigenvalue weighted by Crippen LogP contribution is -2.45. The number of hydrogen-bond donors (Lipinski definition) is 0. The Bertz CT molecular complexity index is 530. The fourth-order valence-electron chi connectivity index (χ4n) is 3.06. The van der Waals surface area contributed by atoms with Crippen molar-refractivity contribution >= 4 is 5.78 Å². The SMILES string of the molecule is COC1(C(=O)c2cnccc2C(F)(F)F)CCCC(C)C1. The van der Waals surface area contributed by atoms with Gasteiger partial charge in [-0.05, 0) is 31.2 Å². The number of halogens is 3. The molecule has 0 radical (unpaired) electrons. The van der Waals surface area contributed by atoms with Gasteiger partial charge in [-0.15, -0.1) is 0 Å². The number of Topliss-reactive ketones (excluding diaryl/α,β-unsaturated/α-hetero) is 1. The fourth-order valence-corrected chi connectivity index (χ4v) is 3.06. The summed E-state index contributed by atoms with van der Waals surface area (Å²) in [5, 5.41) is 0. The zero-order valence-corrected chi connectivity index (χ0v) is 12.0. The van der Waals surface area contributed by atoms with E-state index in [0.717, 1.165) is 31.3 Å². The number of ether oxygens (including phenoxy) is 1. The van der Waals surface area contributed by atoms with Crippen molar-refractivity contribution in [1.82, 2.24) is 4.98 Å². The molecule has 1 aliphatic rings. The molecular formula is C15H18F3NO2. The second kappa shape index (κ2) is 5.75. The van der Waals surface area contributed by atoms with Gasteiger partial charge in [0.15, 0.2) is 5.78 Å². The number of methoxy groups -OCH3 is 1. The van der Waals surface area contributed by atoms with Crippen LogP contribution in [-0.2, 0) is 10.9 Å². The van der Waals surface area contributed by atoms with Gasteiger partial charge in [0.1, 0.15) is 5.60 Å². The molecule has 21 heavy (non-hydrogen) atoms. The second-order valence-corrected chi connectivity index (χ2v) is 5.65. The molecule has 6 heteroatoms. The van der Waals surface area contributed by atoms with Crippen molar-refractivity contribution in [3.05, 3.63) is 29.6 Å². The van der Waals surface area contributed by atoms with Gasteiger partial charge in [0.2, 0.25) is 0 Å². The molecule has 1 aromatic heterocycles. The minimum absolute atomic E-state index is 0.244. The average Bonchev–Trinajstić information content (AvgIpc) is 2.45. The summed E-state index contributed by atoms with van der Waals surface area (Å²) in [5.41, 5.74) is -2.51. The van der Waals surface area contributed by atoms with E-state index in [0.29, 0.717) is 12.8 Å². The molecule has 0 amide bonds. The van der Waals surface area contributed by atoms with E-state index in [1.165, 1.54) is 7.11 Å². The Labute approximate surface area is 121 Å². The summed E-state index contributed by atoms with van der Waals surface area (Å²) in [6.07, 6.45) is 0.0598. The quantitative estimate of drug-likeness (QED) is 0.795. The van der Waals surface area contributed by atoms with E-state index >= 15 is 0 Å². The molecule has 1 heterocycles.